The third kappa shape index (κ3) is 1.99. The van der Waals surface area contributed by atoms with Gasteiger partial charge in [0.15, 0.2) is 0 Å². The number of rotatable bonds is 2. The van der Waals surface area contributed by atoms with Crippen LogP contribution in [0.2, 0.25) is 0 Å². The van der Waals surface area contributed by atoms with Crippen LogP contribution in [0.25, 0.3) is 11.0 Å². The molecule has 3 rings (SSSR count). The van der Waals surface area contributed by atoms with Crippen LogP contribution >= 0.6 is 0 Å². The Morgan fingerprint density at radius 1 is 1.42 bits per heavy atom. The fourth-order valence-corrected chi connectivity index (χ4v) is 2.12. The van der Waals surface area contributed by atoms with Crippen molar-refractivity contribution in [2.75, 3.05) is 0 Å². The van der Waals surface area contributed by atoms with E-state index in [1.807, 2.05) is 10.8 Å². The van der Waals surface area contributed by atoms with Crippen molar-refractivity contribution in [2.24, 2.45) is 0 Å². The van der Waals surface area contributed by atoms with Gasteiger partial charge in [0.05, 0.1) is 6.33 Å². The van der Waals surface area contributed by atoms with Crippen molar-refractivity contribution < 1.29 is 9.52 Å². The van der Waals surface area contributed by atoms with Crippen molar-refractivity contribution >= 4 is 11.0 Å². The van der Waals surface area contributed by atoms with E-state index in [0.29, 0.717) is 17.7 Å². The molecule has 0 bridgehead atoms. The molecule has 0 saturated carbocycles. The highest BCUT2D eigenvalue weighted by Crippen LogP contribution is 2.27. The number of hydrogen-bond acceptors (Lipinski definition) is 4. The molecule has 1 aromatic carbocycles. The molecule has 0 spiro atoms. The molecule has 5 nitrogen and oxygen atoms in total. The van der Waals surface area contributed by atoms with E-state index >= 15 is 0 Å². The summed E-state index contributed by atoms with van der Waals surface area (Å²) in [7, 11) is 0. The molecular formula is C14H12N2O3. The first-order valence-corrected chi connectivity index (χ1v) is 5.86. The topological polar surface area (TPSA) is 68.3 Å². The number of hydrogen-bond donors (Lipinski definition) is 1. The lowest BCUT2D eigenvalue weighted by Gasteiger charge is -2.08. The summed E-state index contributed by atoms with van der Waals surface area (Å²) in [6.45, 7) is 2.26. The number of imidazole rings is 1. The zero-order valence-electron chi connectivity index (χ0n) is 10.3. The highest BCUT2D eigenvalue weighted by atomic mass is 16.4. The van der Waals surface area contributed by atoms with Crippen LogP contribution in [-0.2, 0) is 6.54 Å². The maximum atomic E-state index is 11.6. The highest BCUT2D eigenvalue weighted by molar-refractivity contribution is 5.84. The van der Waals surface area contributed by atoms with Crippen molar-refractivity contribution in [3.63, 3.8) is 0 Å². The van der Waals surface area contributed by atoms with Gasteiger partial charge in [-0.15, -0.1) is 0 Å². The first kappa shape index (κ1) is 11.5. The molecule has 0 unspecified atom stereocenters. The predicted molar refractivity (Wildman–Crippen MR) is 70.2 cm³/mol. The van der Waals surface area contributed by atoms with Crippen LogP contribution in [-0.4, -0.2) is 14.7 Å². The number of aromatic hydroxyl groups is 1. The summed E-state index contributed by atoms with van der Waals surface area (Å²) >= 11 is 0. The Labute approximate surface area is 108 Å². The number of fused-ring (bicyclic) bond motifs is 1. The molecule has 1 N–H and O–H groups in total. The number of phenols is 1. The lowest BCUT2D eigenvalue weighted by Crippen LogP contribution is -2.05. The number of nitrogens with zero attached hydrogens (tertiary/aromatic N) is 2. The average molecular weight is 256 g/mol. The molecule has 0 fully saturated rings. The molecule has 3 aromatic rings. The van der Waals surface area contributed by atoms with Gasteiger partial charge >= 0.3 is 5.63 Å². The molecule has 0 aliphatic rings. The second-order valence-corrected chi connectivity index (χ2v) is 4.41. The third-order valence-corrected chi connectivity index (χ3v) is 3.13. The van der Waals surface area contributed by atoms with Crippen molar-refractivity contribution in [1.82, 2.24) is 9.55 Å². The Hall–Kier alpha value is -2.56. The molecule has 2 heterocycles. The minimum absolute atomic E-state index is 0.121. The Morgan fingerprint density at radius 3 is 3.00 bits per heavy atom. The first-order valence-electron chi connectivity index (χ1n) is 5.86. The zero-order valence-corrected chi connectivity index (χ0v) is 10.3. The largest absolute Gasteiger partial charge is 0.508 e. The minimum Gasteiger partial charge on any atom is -0.508 e. The van der Waals surface area contributed by atoms with Gasteiger partial charge in [-0.2, -0.15) is 0 Å². The van der Waals surface area contributed by atoms with Gasteiger partial charge in [-0.05, 0) is 24.6 Å². The summed E-state index contributed by atoms with van der Waals surface area (Å²) in [4.78, 5) is 15.6. The van der Waals surface area contributed by atoms with E-state index in [4.69, 9.17) is 4.42 Å². The van der Waals surface area contributed by atoms with Gasteiger partial charge in [-0.1, -0.05) is 0 Å². The minimum atomic E-state index is -0.420. The maximum Gasteiger partial charge on any atom is 0.336 e. The van der Waals surface area contributed by atoms with Crippen LogP contribution in [0, 0.1) is 6.92 Å². The second-order valence-electron chi connectivity index (χ2n) is 4.41. The van der Waals surface area contributed by atoms with E-state index in [2.05, 4.69) is 4.98 Å². The number of phenolic OH excluding ortho intramolecular Hbond substituents is 1. The van der Waals surface area contributed by atoms with Gasteiger partial charge in [0.2, 0.25) is 0 Å². The van der Waals surface area contributed by atoms with Crippen molar-refractivity contribution in [2.45, 2.75) is 13.5 Å². The Kier molecular flexibility index (Phi) is 2.59. The molecule has 5 heteroatoms. The SMILES string of the molecule is Cc1c(O)ccc2c(Cn3ccnc3)cc(=O)oc12. The molecule has 0 amide bonds. The van der Waals surface area contributed by atoms with Gasteiger partial charge in [0.25, 0.3) is 0 Å². The quantitative estimate of drug-likeness (QED) is 0.712. The lowest BCUT2D eigenvalue weighted by atomic mass is 10.1. The van der Waals surface area contributed by atoms with E-state index in [0.717, 1.165) is 10.9 Å². The van der Waals surface area contributed by atoms with Crippen LogP contribution < -0.4 is 5.63 Å². The second kappa shape index (κ2) is 4.28. The molecule has 0 radical (unpaired) electrons. The van der Waals surface area contributed by atoms with Crippen LogP contribution in [0.4, 0.5) is 0 Å². The van der Waals surface area contributed by atoms with E-state index in [1.54, 1.807) is 31.6 Å². The van der Waals surface area contributed by atoms with Crippen LogP contribution in [0.5, 0.6) is 5.75 Å². The van der Waals surface area contributed by atoms with Gasteiger partial charge in [0.1, 0.15) is 11.3 Å². The van der Waals surface area contributed by atoms with Crippen LogP contribution in [0.15, 0.2) is 46.1 Å². The lowest BCUT2D eigenvalue weighted by molar-refractivity contribution is 0.468. The fraction of sp³-hybridized carbons (Fsp3) is 0.143. The Morgan fingerprint density at radius 2 is 2.26 bits per heavy atom. The summed E-state index contributed by atoms with van der Waals surface area (Å²) in [6.07, 6.45) is 5.20. The molecule has 0 atom stereocenters. The monoisotopic (exact) mass is 256 g/mol. The molecule has 96 valence electrons. The molecule has 19 heavy (non-hydrogen) atoms. The fourth-order valence-electron chi connectivity index (χ4n) is 2.12. The Bertz CT molecular complexity index is 788. The van der Waals surface area contributed by atoms with Crippen LogP contribution in [0.3, 0.4) is 0 Å². The Balaban J connectivity index is 2.24. The van der Waals surface area contributed by atoms with Crippen molar-refractivity contribution in [3.8, 4) is 5.75 Å². The van der Waals surface area contributed by atoms with Gasteiger partial charge < -0.3 is 14.1 Å². The third-order valence-electron chi connectivity index (χ3n) is 3.13. The number of benzene rings is 1. The first-order chi connectivity index (χ1) is 9.15. The smallest absolute Gasteiger partial charge is 0.336 e. The molecule has 0 aliphatic heterocycles. The number of aryl methyl sites for hydroxylation is 1. The zero-order chi connectivity index (χ0) is 13.4. The average Bonchev–Trinajstić information content (AvgIpc) is 2.87. The molecular weight excluding hydrogens is 244 g/mol. The van der Waals surface area contributed by atoms with E-state index < -0.39 is 5.63 Å². The van der Waals surface area contributed by atoms with Gasteiger partial charge in [0, 0.05) is 36.0 Å². The molecule has 2 aromatic heterocycles. The summed E-state index contributed by atoms with van der Waals surface area (Å²) < 4.78 is 7.06. The van der Waals surface area contributed by atoms with Crippen LogP contribution in [0.1, 0.15) is 11.1 Å². The van der Waals surface area contributed by atoms with Crippen molar-refractivity contribution in [3.05, 3.63) is 58.5 Å². The normalized spacial score (nSPS) is 11.0. The summed E-state index contributed by atoms with van der Waals surface area (Å²) in [5, 5.41) is 10.5. The predicted octanol–water partition coefficient (Wildman–Crippen LogP) is 2.05. The van der Waals surface area contributed by atoms with Crippen molar-refractivity contribution in [1.29, 1.82) is 0 Å². The van der Waals surface area contributed by atoms with E-state index in [9.17, 15) is 9.90 Å². The van der Waals surface area contributed by atoms with E-state index in [-0.39, 0.29) is 5.75 Å². The standard InChI is InChI=1S/C14H12N2O3/c1-9-12(17)3-2-11-10(6-13(18)19-14(9)11)7-16-5-4-15-8-16/h2-6,8,17H,7H2,1H3. The van der Waals surface area contributed by atoms with Gasteiger partial charge in [-0.3, -0.25) is 0 Å². The van der Waals surface area contributed by atoms with Gasteiger partial charge in [-0.25, -0.2) is 9.78 Å². The number of aromatic nitrogens is 2. The summed E-state index contributed by atoms with van der Waals surface area (Å²) in [5.74, 6) is 0.121. The highest BCUT2D eigenvalue weighted by Gasteiger charge is 2.10. The molecule has 0 saturated heterocycles. The van der Waals surface area contributed by atoms with E-state index in [1.165, 1.54) is 6.07 Å². The summed E-state index contributed by atoms with van der Waals surface area (Å²) in [5.41, 5.74) is 1.42. The summed E-state index contributed by atoms with van der Waals surface area (Å²) in [6, 6.07) is 4.83. The molecule has 0 aliphatic carbocycles. The maximum absolute atomic E-state index is 11.6.